The third-order valence-electron chi connectivity index (χ3n) is 5.00. The van der Waals surface area contributed by atoms with Crippen LogP contribution in [0.15, 0.2) is 42.5 Å². The number of methoxy groups -OCH3 is 2. The fourth-order valence-corrected chi connectivity index (χ4v) is 3.32. The Labute approximate surface area is 186 Å². The quantitative estimate of drug-likeness (QED) is 0.464. The topological polar surface area (TPSA) is 98.1 Å². The lowest BCUT2D eigenvalue weighted by Gasteiger charge is -2.29. The van der Waals surface area contributed by atoms with Crippen molar-refractivity contribution in [2.45, 2.75) is 13.0 Å². The number of nitriles is 1. The van der Waals surface area contributed by atoms with Gasteiger partial charge in [0, 0.05) is 19.2 Å². The van der Waals surface area contributed by atoms with Crippen LogP contribution in [0, 0.1) is 11.3 Å². The van der Waals surface area contributed by atoms with Crippen LogP contribution in [-0.2, 0) is 27.3 Å². The Hall–Kier alpha value is -3.99. The van der Waals surface area contributed by atoms with Crippen molar-refractivity contribution >= 4 is 18.0 Å². The minimum absolute atomic E-state index is 0.0279. The first kappa shape index (κ1) is 22.7. The molecular formula is C24H24N2O6. The third kappa shape index (κ3) is 5.79. The first-order valence-corrected chi connectivity index (χ1v) is 10.00. The summed E-state index contributed by atoms with van der Waals surface area (Å²) in [5, 5.41) is 8.51. The number of ether oxygens (including phenoxy) is 4. The van der Waals surface area contributed by atoms with Crippen molar-refractivity contribution in [3.05, 3.63) is 59.2 Å². The van der Waals surface area contributed by atoms with Gasteiger partial charge in [-0.1, -0.05) is 12.1 Å². The molecular weight excluding hydrogens is 412 g/mol. The van der Waals surface area contributed by atoms with Crippen molar-refractivity contribution in [2.24, 2.45) is 0 Å². The maximum Gasteiger partial charge on any atom is 0.331 e. The van der Waals surface area contributed by atoms with Gasteiger partial charge >= 0.3 is 5.97 Å². The Morgan fingerprint density at radius 2 is 1.78 bits per heavy atom. The standard InChI is InChI=1S/C24H24N2O6/c1-29-21-13-18-9-11-26(15-19(18)14-22(21)30-2)23(27)16-32-24(28)8-5-17-3-6-20(7-4-17)31-12-10-25/h3-8,13-14H,9,11-12,15-16H2,1-2H3/b8-5+. The van der Waals surface area contributed by atoms with Gasteiger partial charge in [-0.3, -0.25) is 4.79 Å². The molecule has 2 aromatic rings. The summed E-state index contributed by atoms with van der Waals surface area (Å²) in [6.45, 7) is 0.601. The fourth-order valence-electron chi connectivity index (χ4n) is 3.32. The van der Waals surface area contributed by atoms with Crippen LogP contribution in [0.3, 0.4) is 0 Å². The van der Waals surface area contributed by atoms with E-state index in [9.17, 15) is 9.59 Å². The second kappa shape index (κ2) is 10.9. The second-order valence-electron chi connectivity index (χ2n) is 7.00. The summed E-state index contributed by atoms with van der Waals surface area (Å²) < 4.78 is 20.9. The van der Waals surface area contributed by atoms with E-state index >= 15 is 0 Å². The van der Waals surface area contributed by atoms with Crippen molar-refractivity contribution in [1.29, 1.82) is 5.26 Å². The molecule has 1 heterocycles. The average molecular weight is 436 g/mol. The molecule has 0 bridgehead atoms. The van der Waals surface area contributed by atoms with E-state index in [0.717, 1.165) is 16.7 Å². The zero-order chi connectivity index (χ0) is 22.9. The number of esters is 1. The molecule has 32 heavy (non-hydrogen) atoms. The number of benzene rings is 2. The van der Waals surface area contributed by atoms with E-state index in [1.165, 1.54) is 6.08 Å². The average Bonchev–Trinajstić information content (AvgIpc) is 2.83. The molecule has 1 amide bonds. The number of hydrogen-bond acceptors (Lipinski definition) is 7. The Morgan fingerprint density at radius 1 is 1.09 bits per heavy atom. The molecule has 0 radical (unpaired) electrons. The number of amides is 1. The van der Waals surface area contributed by atoms with Gasteiger partial charge in [0.2, 0.25) is 0 Å². The van der Waals surface area contributed by atoms with Crippen LogP contribution < -0.4 is 14.2 Å². The summed E-state index contributed by atoms with van der Waals surface area (Å²) in [4.78, 5) is 26.2. The second-order valence-corrected chi connectivity index (χ2v) is 7.00. The van der Waals surface area contributed by atoms with E-state index in [-0.39, 0.29) is 19.1 Å². The summed E-state index contributed by atoms with van der Waals surface area (Å²) in [5.74, 6) is 0.979. The summed E-state index contributed by atoms with van der Waals surface area (Å²) in [7, 11) is 3.16. The molecule has 0 saturated heterocycles. The van der Waals surface area contributed by atoms with Gasteiger partial charge in [-0.15, -0.1) is 0 Å². The zero-order valence-corrected chi connectivity index (χ0v) is 18.0. The van der Waals surface area contributed by atoms with Gasteiger partial charge in [-0.2, -0.15) is 5.26 Å². The van der Waals surface area contributed by atoms with Crippen LogP contribution in [0.25, 0.3) is 6.08 Å². The Bertz CT molecular complexity index is 1040. The van der Waals surface area contributed by atoms with E-state index in [1.807, 2.05) is 18.2 Å². The molecule has 3 rings (SSSR count). The number of carbonyl (C=O) groups is 2. The normalized spacial score (nSPS) is 12.6. The molecule has 0 aliphatic carbocycles. The third-order valence-corrected chi connectivity index (χ3v) is 5.00. The number of carbonyl (C=O) groups excluding carboxylic acids is 2. The maximum absolute atomic E-state index is 12.5. The highest BCUT2D eigenvalue weighted by Gasteiger charge is 2.23. The molecule has 0 saturated carbocycles. The fraction of sp³-hybridized carbons (Fsp3) is 0.292. The van der Waals surface area contributed by atoms with Gasteiger partial charge < -0.3 is 23.8 Å². The SMILES string of the molecule is COc1cc2c(cc1OC)CN(C(=O)COC(=O)/C=C/c1ccc(OCC#N)cc1)CC2. The van der Waals surface area contributed by atoms with Crippen LogP contribution >= 0.6 is 0 Å². The van der Waals surface area contributed by atoms with Crippen molar-refractivity contribution < 1.29 is 28.5 Å². The highest BCUT2D eigenvalue weighted by atomic mass is 16.5. The minimum atomic E-state index is -0.605. The van der Waals surface area contributed by atoms with E-state index < -0.39 is 5.97 Å². The first-order chi connectivity index (χ1) is 15.5. The van der Waals surface area contributed by atoms with E-state index in [1.54, 1.807) is 49.5 Å². The maximum atomic E-state index is 12.5. The van der Waals surface area contributed by atoms with E-state index in [0.29, 0.717) is 36.8 Å². The van der Waals surface area contributed by atoms with Gasteiger partial charge in [0.1, 0.15) is 11.8 Å². The summed E-state index contributed by atoms with van der Waals surface area (Å²) >= 11 is 0. The highest BCUT2D eigenvalue weighted by molar-refractivity contribution is 5.89. The predicted molar refractivity (Wildman–Crippen MR) is 116 cm³/mol. The van der Waals surface area contributed by atoms with Crippen molar-refractivity contribution in [2.75, 3.05) is 34.0 Å². The van der Waals surface area contributed by atoms with Crippen molar-refractivity contribution in [3.63, 3.8) is 0 Å². The van der Waals surface area contributed by atoms with Crippen LogP contribution in [0.1, 0.15) is 16.7 Å². The molecule has 0 fully saturated rings. The predicted octanol–water partition coefficient (Wildman–Crippen LogP) is 2.75. The summed E-state index contributed by atoms with van der Waals surface area (Å²) in [5.41, 5.74) is 2.85. The molecule has 8 nitrogen and oxygen atoms in total. The molecule has 0 atom stereocenters. The molecule has 0 unspecified atom stereocenters. The number of rotatable bonds is 8. The van der Waals surface area contributed by atoms with Gasteiger partial charge in [0.15, 0.2) is 24.7 Å². The number of fused-ring (bicyclic) bond motifs is 1. The molecule has 0 spiro atoms. The van der Waals surface area contributed by atoms with Crippen molar-refractivity contribution in [3.8, 4) is 23.3 Å². The summed E-state index contributed by atoms with van der Waals surface area (Å²) in [6, 6.07) is 12.6. The van der Waals surface area contributed by atoms with Crippen LogP contribution in [0.2, 0.25) is 0 Å². The molecule has 8 heteroatoms. The lowest BCUT2D eigenvalue weighted by Crippen LogP contribution is -2.38. The lowest BCUT2D eigenvalue weighted by molar-refractivity contribution is -0.148. The van der Waals surface area contributed by atoms with Crippen LogP contribution in [0.4, 0.5) is 0 Å². The van der Waals surface area contributed by atoms with E-state index in [4.69, 9.17) is 24.2 Å². The Kier molecular flexibility index (Phi) is 7.70. The van der Waals surface area contributed by atoms with Crippen molar-refractivity contribution in [1.82, 2.24) is 4.90 Å². The van der Waals surface area contributed by atoms with Gasteiger partial charge in [0.25, 0.3) is 5.91 Å². The Morgan fingerprint density at radius 3 is 2.44 bits per heavy atom. The zero-order valence-electron chi connectivity index (χ0n) is 18.0. The molecule has 1 aliphatic rings. The molecule has 2 aromatic carbocycles. The Balaban J connectivity index is 1.51. The van der Waals surface area contributed by atoms with E-state index in [2.05, 4.69) is 0 Å². The lowest BCUT2D eigenvalue weighted by atomic mass is 9.99. The minimum Gasteiger partial charge on any atom is -0.493 e. The highest BCUT2D eigenvalue weighted by Crippen LogP contribution is 2.33. The largest absolute Gasteiger partial charge is 0.493 e. The van der Waals surface area contributed by atoms with Crippen LogP contribution in [0.5, 0.6) is 17.2 Å². The molecule has 1 aliphatic heterocycles. The molecule has 0 N–H and O–H groups in total. The first-order valence-electron chi connectivity index (χ1n) is 10.00. The van der Waals surface area contributed by atoms with Gasteiger partial charge in [0.05, 0.1) is 14.2 Å². The van der Waals surface area contributed by atoms with Gasteiger partial charge in [-0.25, -0.2) is 4.79 Å². The molecule has 0 aromatic heterocycles. The van der Waals surface area contributed by atoms with Crippen LogP contribution in [-0.4, -0.2) is 50.8 Å². The smallest absolute Gasteiger partial charge is 0.331 e. The number of nitrogens with zero attached hydrogens (tertiary/aromatic N) is 2. The van der Waals surface area contributed by atoms with Gasteiger partial charge in [-0.05, 0) is 53.5 Å². The monoisotopic (exact) mass is 436 g/mol. The molecule has 166 valence electrons. The summed E-state index contributed by atoms with van der Waals surface area (Å²) in [6.07, 6.45) is 3.53. The number of hydrogen-bond donors (Lipinski definition) is 0.